The van der Waals surface area contributed by atoms with Crippen LogP contribution in [-0.4, -0.2) is 26.2 Å². The van der Waals surface area contributed by atoms with Gasteiger partial charge in [0.1, 0.15) is 10.7 Å². The highest BCUT2D eigenvalue weighted by molar-refractivity contribution is 7.89. The summed E-state index contributed by atoms with van der Waals surface area (Å²) in [5.41, 5.74) is 0. The van der Waals surface area contributed by atoms with Gasteiger partial charge in [-0.05, 0) is 18.1 Å². The molecular formula is C11H16FNO3S. The molecule has 0 unspecified atom stereocenters. The number of hydrogen-bond donors (Lipinski definition) is 2. The monoisotopic (exact) mass is 261 g/mol. The summed E-state index contributed by atoms with van der Waals surface area (Å²) in [7, 11) is -3.93. The molecule has 0 saturated carbocycles. The zero-order valence-corrected chi connectivity index (χ0v) is 10.5. The molecule has 0 aromatic heterocycles. The summed E-state index contributed by atoms with van der Waals surface area (Å²) >= 11 is 0. The van der Waals surface area contributed by atoms with Gasteiger partial charge >= 0.3 is 0 Å². The number of aliphatic hydroxyl groups is 1. The Bertz CT molecular complexity index is 473. The number of benzene rings is 1. The molecule has 0 saturated heterocycles. The van der Waals surface area contributed by atoms with Gasteiger partial charge in [-0.1, -0.05) is 26.0 Å². The molecule has 0 aliphatic carbocycles. The van der Waals surface area contributed by atoms with Gasteiger partial charge in [0.25, 0.3) is 0 Å². The first kappa shape index (κ1) is 14.1. The molecule has 0 heterocycles. The van der Waals surface area contributed by atoms with Crippen LogP contribution in [0.2, 0.25) is 0 Å². The number of rotatable bonds is 5. The van der Waals surface area contributed by atoms with Gasteiger partial charge in [0.05, 0.1) is 6.61 Å². The van der Waals surface area contributed by atoms with Gasteiger partial charge < -0.3 is 5.11 Å². The smallest absolute Gasteiger partial charge is 0.243 e. The molecule has 2 N–H and O–H groups in total. The summed E-state index contributed by atoms with van der Waals surface area (Å²) in [5.74, 6) is -0.887. The summed E-state index contributed by atoms with van der Waals surface area (Å²) in [6.45, 7) is 3.21. The van der Waals surface area contributed by atoms with Crippen molar-refractivity contribution in [1.82, 2.24) is 4.72 Å². The minimum atomic E-state index is -3.93. The fourth-order valence-electron chi connectivity index (χ4n) is 1.31. The van der Waals surface area contributed by atoms with E-state index >= 15 is 0 Å². The number of aliphatic hydroxyl groups excluding tert-OH is 1. The zero-order valence-electron chi connectivity index (χ0n) is 9.72. The Labute approximate surface area is 101 Å². The van der Waals surface area contributed by atoms with Crippen LogP contribution in [0.1, 0.15) is 13.8 Å². The van der Waals surface area contributed by atoms with Crippen molar-refractivity contribution in [3.63, 3.8) is 0 Å². The first-order valence-corrected chi connectivity index (χ1v) is 6.74. The summed E-state index contributed by atoms with van der Waals surface area (Å²) in [6.07, 6.45) is 0. The number of sulfonamides is 1. The van der Waals surface area contributed by atoms with Crippen molar-refractivity contribution >= 4 is 10.0 Å². The molecule has 0 bridgehead atoms. The summed E-state index contributed by atoms with van der Waals surface area (Å²) < 4.78 is 39.4. The van der Waals surface area contributed by atoms with Gasteiger partial charge in [-0.3, -0.25) is 0 Å². The quantitative estimate of drug-likeness (QED) is 0.834. The Kier molecular flexibility index (Phi) is 4.62. The highest BCUT2D eigenvalue weighted by Gasteiger charge is 2.24. The van der Waals surface area contributed by atoms with Crippen molar-refractivity contribution in [2.24, 2.45) is 5.92 Å². The van der Waals surface area contributed by atoms with Crippen molar-refractivity contribution in [3.05, 3.63) is 30.1 Å². The Morgan fingerprint density at radius 3 is 2.41 bits per heavy atom. The van der Waals surface area contributed by atoms with E-state index in [2.05, 4.69) is 4.72 Å². The fraction of sp³-hybridized carbons (Fsp3) is 0.455. The van der Waals surface area contributed by atoms with E-state index < -0.39 is 26.8 Å². The lowest BCUT2D eigenvalue weighted by atomic mass is 10.1. The molecule has 6 heteroatoms. The van der Waals surface area contributed by atoms with Gasteiger partial charge in [0.15, 0.2) is 0 Å². The highest BCUT2D eigenvalue weighted by atomic mass is 32.2. The molecule has 1 aromatic carbocycles. The van der Waals surface area contributed by atoms with Gasteiger partial charge in [-0.2, -0.15) is 0 Å². The third-order valence-corrected chi connectivity index (χ3v) is 3.96. The van der Waals surface area contributed by atoms with Crippen LogP contribution in [0.25, 0.3) is 0 Å². The minimum absolute atomic E-state index is 0.0819. The molecule has 17 heavy (non-hydrogen) atoms. The maximum Gasteiger partial charge on any atom is 0.243 e. The molecule has 0 aliphatic rings. The second-order valence-corrected chi connectivity index (χ2v) is 5.77. The average molecular weight is 261 g/mol. The summed E-state index contributed by atoms with van der Waals surface area (Å²) in [5, 5.41) is 9.06. The van der Waals surface area contributed by atoms with E-state index in [0.29, 0.717) is 0 Å². The SMILES string of the molecule is CC(C)[C@@H](CO)NS(=O)(=O)c1ccccc1F. The Morgan fingerprint density at radius 1 is 1.35 bits per heavy atom. The summed E-state index contributed by atoms with van der Waals surface area (Å²) in [6, 6.07) is 4.51. The molecule has 96 valence electrons. The molecule has 0 aliphatic heterocycles. The maximum atomic E-state index is 13.4. The molecular weight excluding hydrogens is 245 g/mol. The largest absolute Gasteiger partial charge is 0.395 e. The van der Waals surface area contributed by atoms with Gasteiger partial charge in [0.2, 0.25) is 10.0 Å². The van der Waals surface area contributed by atoms with E-state index in [9.17, 15) is 12.8 Å². The maximum absolute atomic E-state index is 13.4. The van der Waals surface area contributed by atoms with E-state index in [4.69, 9.17) is 5.11 Å². The van der Waals surface area contributed by atoms with Gasteiger partial charge in [-0.25, -0.2) is 17.5 Å². The van der Waals surface area contributed by atoms with Crippen molar-refractivity contribution < 1.29 is 17.9 Å². The standard InChI is InChI=1S/C11H16FNO3S/c1-8(2)10(7-14)13-17(15,16)11-6-4-3-5-9(11)12/h3-6,8,10,13-14H,7H2,1-2H3/t10-/m1/s1. The predicted octanol–water partition coefficient (Wildman–Crippen LogP) is 1.12. The van der Waals surface area contributed by atoms with E-state index in [1.807, 2.05) is 0 Å². The molecule has 4 nitrogen and oxygen atoms in total. The van der Waals surface area contributed by atoms with Crippen LogP contribution < -0.4 is 4.72 Å². The Morgan fingerprint density at radius 2 is 1.94 bits per heavy atom. The minimum Gasteiger partial charge on any atom is -0.395 e. The first-order chi connectivity index (χ1) is 7.88. The molecule has 1 aromatic rings. The van der Waals surface area contributed by atoms with Crippen LogP contribution in [0.15, 0.2) is 29.2 Å². The van der Waals surface area contributed by atoms with Crippen molar-refractivity contribution in [1.29, 1.82) is 0 Å². The van der Waals surface area contributed by atoms with Gasteiger partial charge in [0, 0.05) is 6.04 Å². The predicted molar refractivity (Wildman–Crippen MR) is 62.4 cm³/mol. The Balaban J connectivity index is 3.01. The molecule has 0 spiro atoms. The van der Waals surface area contributed by atoms with Crippen LogP contribution in [0.3, 0.4) is 0 Å². The third kappa shape index (κ3) is 3.49. The van der Waals surface area contributed by atoms with Gasteiger partial charge in [-0.15, -0.1) is 0 Å². The molecule has 0 amide bonds. The zero-order chi connectivity index (χ0) is 13.1. The highest BCUT2D eigenvalue weighted by Crippen LogP contribution is 2.15. The molecule has 0 fully saturated rings. The van der Waals surface area contributed by atoms with E-state index in [1.54, 1.807) is 13.8 Å². The summed E-state index contributed by atoms with van der Waals surface area (Å²) in [4.78, 5) is -0.404. The van der Waals surface area contributed by atoms with Crippen LogP contribution in [0.4, 0.5) is 4.39 Å². The lowest BCUT2D eigenvalue weighted by Gasteiger charge is -2.19. The number of halogens is 1. The van der Waals surface area contributed by atoms with Crippen LogP contribution in [-0.2, 0) is 10.0 Å². The second-order valence-electron chi connectivity index (χ2n) is 4.08. The molecule has 1 rings (SSSR count). The van der Waals surface area contributed by atoms with Crippen LogP contribution in [0, 0.1) is 11.7 Å². The van der Waals surface area contributed by atoms with E-state index in [-0.39, 0.29) is 12.5 Å². The van der Waals surface area contributed by atoms with Crippen LogP contribution >= 0.6 is 0 Å². The molecule has 1 atom stereocenters. The van der Waals surface area contributed by atoms with Crippen molar-refractivity contribution in [2.75, 3.05) is 6.61 Å². The number of hydrogen-bond acceptors (Lipinski definition) is 3. The van der Waals surface area contributed by atoms with E-state index in [1.165, 1.54) is 18.2 Å². The van der Waals surface area contributed by atoms with E-state index in [0.717, 1.165) is 6.07 Å². The lowest BCUT2D eigenvalue weighted by molar-refractivity contribution is 0.227. The van der Waals surface area contributed by atoms with Crippen molar-refractivity contribution in [2.45, 2.75) is 24.8 Å². The first-order valence-electron chi connectivity index (χ1n) is 5.26. The average Bonchev–Trinajstić information content (AvgIpc) is 2.26. The van der Waals surface area contributed by atoms with Crippen LogP contribution in [0.5, 0.6) is 0 Å². The Hall–Kier alpha value is -0.980. The van der Waals surface area contributed by atoms with Crippen molar-refractivity contribution in [3.8, 4) is 0 Å². The second kappa shape index (κ2) is 5.57. The molecule has 0 radical (unpaired) electrons. The number of nitrogens with one attached hydrogen (secondary N) is 1. The topological polar surface area (TPSA) is 66.4 Å². The lowest BCUT2D eigenvalue weighted by Crippen LogP contribution is -2.41. The normalized spacial score (nSPS) is 13.9. The fourth-order valence-corrected chi connectivity index (χ4v) is 2.76. The third-order valence-electron chi connectivity index (χ3n) is 2.43.